The van der Waals surface area contributed by atoms with E-state index < -0.39 is 14.9 Å². The van der Waals surface area contributed by atoms with Gasteiger partial charge in [0.2, 0.25) is 0 Å². The number of hydrogen-bond donors (Lipinski definition) is 2. The highest BCUT2D eigenvalue weighted by atomic mass is 35.5. The molecule has 304 valence electrons. The van der Waals surface area contributed by atoms with Gasteiger partial charge in [0.1, 0.15) is 17.8 Å². The minimum absolute atomic E-state index is 0.102. The van der Waals surface area contributed by atoms with Crippen molar-refractivity contribution < 1.29 is 13.3 Å². The Kier molecular flexibility index (Phi) is 13.6. The van der Waals surface area contributed by atoms with Crippen molar-refractivity contribution in [1.29, 1.82) is 0 Å². The Morgan fingerprint density at radius 3 is 2.45 bits per heavy atom. The van der Waals surface area contributed by atoms with Crippen molar-refractivity contribution in [2.45, 2.75) is 60.6 Å². The average molecular weight is 842 g/mol. The van der Waals surface area contributed by atoms with Crippen LogP contribution in [-0.2, 0) is 29.5 Å². The van der Waals surface area contributed by atoms with Crippen LogP contribution in [0.25, 0.3) is 11.1 Å². The molecule has 0 amide bonds. The van der Waals surface area contributed by atoms with Crippen LogP contribution < -0.4 is 10.0 Å². The van der Waals surface area contributed by atoms with E-state index in [1.165, 1.54) is 29.6 Å². The van der Waals surface area contributed by atoms with Crippen LogP contribution in [0.15, 0.2) is 113 Å². The summed E-state index contributed by atoms with van der Waals surface area (Å²) >= 11 is 7.81. The van der Waals surface area contributed by atoms with Crippen LogP contribution in [0.4, 0.5) is 17.2 Å². The van der Waals surface area contributed by atoms with Gasteiger partial charge < -0.3 is 10.2 Å². The van der Waals surface area contributed by atoms with Gasteiger partial charge in [0, 0.05) is 59.0 Å². The van der Waals surface area contributed by atoms with Gasteiger partial charge in [-0.1, -0.05) is 66.2 Å². The van der Waals surface area contributed by atoms with E-state index in [2.05, 4.69) is 71.1 Å². The summed E-state index contributed by atoms with van der Waals surface area (Å²) < 4.78 is 30.2. The Labute approximate surface area is 350 Å². The van der Waals surface area contributed by atoms with Gasteiger partial charge in [-0.3, -0.25) is 24.6 Å². The lowest BCUT2D eigenvalue weighted by atomic mass is 9.96. The quantitative estimate of drug-likeness (QED) is 0.0568. The molecular weight excluding hydrogens is 792 g/mol. The number of sulfonamides is 1. The molecule has 1 saturated heterocycles. The monoisotopic (exact) mass is 840 g/mol. The molecule has 4 aromatic carbocycles. The molecule has 2 aliphatic heterocycles. The maximum absolute atomic E-state index is 13.8. The third kappa shape index (κ3) is 10.5. The van der Waals surface area contributed by atoms with Gasteiger partial charge in [-0.2, -0.15) is 0 Å². The van der Waals surface area contributed by atoms with Crippen molar-refractivity contribution >= 4 is 50.6 Å². The van der Waals surface area contributed by atoms with Crippen LogP contribution >= 0.6 is 23.4 Å². The number of halogens is 1. The first-order valence-electron chi connectivity index (χ1n) is 19.6. The maximum Gasteiger partial charge on any atom is 0.293 e. The first-order valence-corrected chi connectivity index (χ1v) is 22.4. The molecule has 1 atom stereocenters. The molecule has 0 saturated carbocycles. The molecule has 2 N–H and O–H groups in total. The van der Waals surface area contributed by atoms with Crippen molar-refractivity contribution in [2.24, 2.45) is 0 Å². The minimum atomic E-state index is -4.21. The van der Waals surface area contributed by atoms with Gasteiger partial charge in [-0.05, 0) is 113 Å². The topological polar surface area (TPSA) is 137 Å². The molecule has 2 aliphatic rings. The highest BCUT2D eigenvalue weighted by Gasteiger charge is 2.31. The molecule has 1 fully saturated rings. The maximum atomic E-state index is 13.8. The summed E-state index contributed by atoms with van der Waals surface area (Å²) in [5.74, 6) is 0.887. The van der Waals surface area contributed by atoms with E-state index in [1.807, 2.05) is 56.6 Å². The number of fused-ring (bicyclic) bond motifs is 1. The number of rotatable bonds is 16. The average Bonchev–Trinajstić information content (AvgIpc) is 3.23. The number of hydrogen-bond acceptors (Lipinski definition) is 11. The number of thioether (sulfide) groups is 1. The summed E-state index contributed by atoms with van der Waals surface area (Å²) in [6, 6.07) is 30.8. The van der Waals surface area contributed by atoms with Crippen LogP contribution in [-0.4, -0.2) is 96.1 Å². The standard InChI is InChI=1S/C43H49ClN8O4S2/c1-49(2)22-18-34(29-57-36-9-4-3-5-10-36)47-40-17-16-37(26-42(40)52(53)54)58(55,56)48-43-39-21-25-51(28-41(39)45-30-46-43)35-19-23-50(24-20-35)27-32-8-6-7-11-38(32)31-12-14-33(44)15-13-31/h3-17,26,30,34-35,47H,18-25,27-29H2,1-2H3,(H,45,46,48). The number of benzene rings is 4. The van der Waals surface area contributed by atoms with Crippen molar-refractivity contribution in [2.75, 3.05) is 56.1 Å². The first-order chi connectivity index (χ1) is 28.0. The van der Waals surface area contributed by atoms with Gasteiger partial charge in [0.25, 0.3) is 15.7 Å². The van der Waals surface area contributed by atoms with E-state index in [1.54, 1.807) is 11.8 Å². The predicted octanol–water partition coefficient (Wildman–Crippen LogP) is 8.05. The molecule has 0 bridgehead atoms. The Morgan fingerprint density at radius 1 is 0.966 bits per heavy atom. The molecule has 1 aromatic heterocycles. The smallest absolute Gasteiger partial charge is 0.293 e. The number of nitro benzene ring substituents is 1. The van der Waals surface area contributed by atoms with Gasteiger partial charge in [-0.15, -0.1) is 11.8 Å². The number of likely N-dealkylation sites (tertiary alicyclic amines) is 1. The Hall–Kier alpha value is -4.57. The SMILES string of the molecule is CN(C)CCC(CSc1ccccc1)Nc1ccc(S(=O)(=O)Nc2ncnc3c2CCN(C2CCN(Cc4ccccc4-c4ccc(Cl)cc4)CC2)C3)cc1[N+](=O)[O-]. The van der Waals surface area contributed by atoms with E-state index in [9.17, 15) is 18.5 Å². The summed E-state index contributed by atoms with van der Waals surface area (Å²) in [6.45, 7) is 4.95. The molecule has 7 rings (SSSR count). The van der Waals surface area contributed by atoms with Crippen LogP contribution in [0.3, 0.4) is 0 Å². The highest BCUT2D eigenvalue weighted by molar-refractivity contribution is 7.99. The number of nitrogens with zero attached hydrogens (tertiary/aromatic N) is 6. The summed E-state index contributed by atoms with van der Waals surface area (Å²) in [4.78, 5) is 28.6. The zero-order chi connectivity index (χ0) is 40.6. The van der Waals surface area contributed by atoms with E-state index in [-0.39, 0.29) is 28.1 Å². The molecule has 0 spiro atoms. The van der Waals surface area contributed by atoms with Gasteiger partial charge in [0.15, 0.2) is 0 Å². The van der Waals surface area contributed by atoms with Crippen LogP contribution in [0.2, 0.25) is 5.02 Å². The normalized spacial score (nSPS) is 15.9. The fourth-order valence-corrected chi connectivity index (χ4v) is 9.89. The number of nitro groups is 1. The predicted molar refractivity (Wildman–Crippen MR) is 233 cm³/mol. The van der Waals surface area contributed by atoms with Crippen LogP contribution in [0.5, 0.6) is 0 Å². The second-order valence-electron chi connectivity index (χ2n) is 15.1. The molecule has 58 heavy (non-hydrogen) atoms. The second-order valence-corrected chi connectivity index (χ2v) is 18.4. The Bertz CT molecular complexity index is 2290. The zero-order valence-electron chi connectivity index (χ0n) is 32.8. The first kappa shape index (κ1) is 41.6. The van der Waals surface area contributed by atoms with Crippen LogP contribution in [0.1, 0.15) is 36.1 Å². The van der Waals surface area contributed by atoms with Crippen molar-refractivity contribution in [3.05, 3.63) is 135 Å². The third-order valence-corrected chi connectivity index (χ3v) is 13.6. The van der Waals surface area contributed by atoms with Gasteiger partial charge in [0.05, 0.1) is 15.5 Å². The zero-order valence-corrected chi connectivity index (χ0v) is 35.1. The summed E-state index contributed by atoms with van der Waals surface area (Å²) in [6.07, 6.45) is 4.75. The molecule has 1 unspecified atom stereocenters. The molecule has 15 heteroatoms. The fourth-order valence-electron chi connectivity index (χ4n) is 7.71. The Balaban J connectivity index is 0.984. The van der Waals surface area contributed by atoms with Crippen molar-refractivity contribution in [1.82, 2.24) is 24.7 Å². The van der Waals surface area contributed by atoms with Gasteiger partial charge >= 0.3 is 0 Å². The molecular formula is C43H49ClN8O4S2. The second kappa shape index (κ2) is 19.0. The number of piperidine rings is 1. The lowest BCUT2D eigenvalue weighted by Crippen LogP contribution is -2.46. The van der Waals surface area contributed by atoms with E-state index in [0.29, 0.717) is 24.8 Å². The largest absolute Gasteiger partial charge is 0.376 e. The number of anilines is 2. The summed E-state index contributed by atoms with van der Waals surface area (Å²) in [5, 5.41) is 16.4. The summed E-state index contributed by atoms with van der Waals surface area (Å²) in [5.41, 5.74) is 5.19. The minimum Gasteiger partial charge on any atom is -0.376 e. The molecule has 5 aromatic rings. The lowest BCUT2D eigenvalue weighted by Gasteiger charge is -2.40. The van der Waals surface area contributed by atoms with Crippen molar-refractivity contribution in [3.63, 3.8) is 0 Å². The van der Waals surface area contributed by atoms with Gasteiger partial charge in [-0.25, -0.2) is 18.4 Å². The van der Waals surface area contributed by atoms with Crippen molar-refractivity contribution in [3.8, 4) is 11.1 Å². The number of aromatic nitrogens is 2. The highest BCUT2D eigenvalue weighted by Crippen LogP contribution is 2.33. The fraction of sp³-hybridized carbons (Fsp3) is 0.349. The van der Waals surface area contributed by atoms with E-state index in [4.69, 9.17) is 11.6 Å². The molecule has 12 nitrogen and oxygen atoms in total. The third-order valence-electron chi connectivity index (χ3n) is 10.9. The lowest BCUT2D eigenvalue weighted by molar-refractivity contribution is -0.384. The Morgan fingerprint density at radius 2 is 1.71 bits per heavy atom. The van der Waals surface area contributed by atoms with Crippen LogP contribution in [0, 0.1) is 10.1 Å². The molecule has 0 aliphatic carbocycles. The van der Waals surface area contributed by atoms with E-state index in [0.717, 1.165) is 84.8 Å². The van der Waals surface area contributed by atoms with E-state index >= 15 is 0 Å². The summed E-state index contributed by atoms with van der Waals surface area (Å²) in [7, 11) is -0.245. The molecule has 3 heterocycles. The molecule has 0 radical (unpaired) electrons. The number of nitrogens with one attached hydrogen (secondary N) is 2.